The van der Waals surface area contributed by atoms with Gasteiger partial charge in [0, 0.05) is 26.7 Å². The summed E-state index contributed by atoms with van der Waals surface area (Å²) in [6, 6.07) is 0. The van der Waals surface area contributed by atoms with Crippen molar-refractivity contribution >= 4 is 17.7 Å². The average Bonchev–Trinajstić information content (AvgIpc) is 2.54. The third-order valence-corrected chi connectivity index (χ3v) is 5.04. The monoisotopic (exact) mass is 342 g/mol. The molecule has 2 heterocycles. The van der Waals surface area contributed by atoms with Gasteiger partial charge in [-0.25, -0.2) is 4.79 Å². The highest BCUT2D eigenvalue weighted by molar-refractivity contribution is 8.03. The first-order chi connectivity index (χ1) is 11.1. The zero-order valence-electron chi connectivity index (χ0n) is 14.1. The molecule has 0 bridgehead atoms. The van der Waals surface area contributed by atoms with E-state index in [1.165, 1.54) is 0 Å². The first kappa shape index (κ1) is 18.3. The molecule has 0 amide bonds. The zero-order valence-corrected chi connectivity index (χ0v) is 14.9. The van der Waals surface area contributed by atoms with Crippen LogP contribution in [0.2, 0.25) is 0 Å². The second-order valence-electron chi connectivity index (χ2n) is 5.52. The van der Waals surface area contributed by atoms with E-state index in [4.69, 9.17) is 9.47 Å². The molecule has 0 radical (unpaired) electrons. The lowest BCUT2D eigenvalue weighted by Crippen LogP contribution is -2.53. The number of ether oxygens (including phenoxy) is 2. The molecule has 2 aliphatic rings. The van der Waals surface area contributed by atoms with E-state index in [-0.39, 0.29) is 6.17 Å². The highest BCUT2D eigenvalue weighted by atomic mass is 32.2. The Morgan fingerprint density at radius 3 is 2.74 bits per heavy atom. The maximum atomic E-state index is 11.7. The van der Waals surface area contributed by atoms with Gasteiger partial charge in [-0.2, -0.15) is 0 Å². The molecule has 1 unspecified atom stereocenters. The number of carbonyl (C=O) groups is 1. The summed E-state index contributed by atoms with van der Waals surface area (Å²) >= 11 is 1.59. The zero-order chi connectivity index (χ0) is 16.8. The molecule has 1 fully saturated rings. The van der Waals surface area contributed by atoms with Gasteiger partial charge in [-0.15, -0.1) is 11.8 Å². The smallest absolute Gasteiger partial charge is 0.338 e. The second-order valence-corrected chi connectivity index (χ2v) is 6.77. The van der Waals surface area contributed by atoms with E-state index in [1.54, 1.807) is 18.9 Å². The fraction of sp³-hybridized carbons (Fsp3) is 0.688. The van der Waals surface area contributed by atoms with Crippen molar-refractivity contribution < 1.29 is 19.4 Å². The van der Waals surface area contributed by atoms with E-state index in [9.17, 15) is 9.90 Å². The molecule has 1 N–H and O–H groups in total. The normalized spacial score (nSPS) is 23.2. The fourth-order valence-electron chi connectivity index (χ4n) is 2.95. The van der Waals surface area contributed by atoms with Gasteiger partial charge in [0.05, 0.1) is 30.4 Å². The number of carboxylic acid groups (broad SMARTS) is 1. The van der Waals surface area contributed by atoms with E-state index < -0.39 is 5.97 Å². The lowest BCUT2D eigenvalue weighted by molar-refractivity contribution is -0.132. The minimum atomic E-state index is -0.863. The molecule has 0 aromatic carbocycles. The van der Waals surface area contributed by atoms with Crippen molar-refractivity contribution in [2.75, 3.05) is 52.3 Å². The number of aliphatic carboxylic acids is 1. The first-order valence-corrected chi connectivity index (χ1v) is 8.95. The van der Waals surface area contributed by atoms with E-state index in [0.29, 0.717) is 31.9 Å². The summed E-state index contributed by atoms with van der Waals surface area (Å²) in [6.45, 7) is 8.30. The van der Waals surface area contributed by atoms with Crippen molar-refractivity contribution in [2.24, 2.45) is 0 Å². The number of hydrogen-bond donors (Lipinski definition) is 1. The molecule has 0 spiro atoms. The van der Waals surface area contributed by atoms with Crippen molar-refractivity contribution in [3.8, 4) is 0 Å². The van der Waals surface area contributed by atoms with E-state index in [0.717, 1.165) is 29.4 Å². The Hall–Kier alpha value is -1.02. The summed E-state index contributed by atoms with van der Waals surface area (Å²) in [6.07, 6.45) is 2.12. The third kappa shape index (κ3) is 4.29. The lowest BCUT2D eigenvalue weighted by atomic mass is 10.0. The van der Waals surface area contributed by atoms with Crippen LogP contribution in [0.5, 0.6) is 0 Å². The number of morpholine rings is 1. The molecule has 2 aliphatic heterocycles. The van der Waals surface area contributed by atoms with Crippen LogP contribution in [0.3, 0.4) is 0 Å². The minimum absolute atomic E-state index is 0.0613. The average molecular weight is 342 g/mol. The summed E-state index contributed by atoms with van der Waals surface area (Å²) in [4.78, 5) is 16.3. The summed E-state index contributed by atoms with van der Waals surface area (Å²) in [5.74, 6) is -0.0313. The summed E-state index contributed by atoms with van der Waals surface area (Å²) < 4.78 is 10.7. The first-order valence-electron chi connectivity index (χ1n) is 7.96. The van der Waals surface area contributed by atoms with Gasteiger partial charge in [-0.05, 0) is 24.3 Å². The Morgan fingerprint density at radius 2 is 2.17 bits per heavy atom. The van der Waals surface area contributed by atoms with Crippen molar-refractivity contribution in [3.63, 3.8) is 0 Å². The summed E-state index contributed by atoms with van der Waals surface area (Å²) in [5.41, 5.74) is 1.25. The van der Waals surface area contributed by atoms with E-state index in [1.807, 2.05) is 13.8 Å². The second kappa shape index (κ2) is 8.73. The van der Waals surface area contributed by atoms with E-state index >= 15 is 0 Å². The van der Waals surface area contributed by atoms with Crippen molar-refractivity contribution in [1.29, 1.82) is 0 Å². The number of nitrogens with zero attached hydrogens (tertiary/aromatic N) is 2. The van der Waals surface area contributed by atoms with Crippen molar-refractivity contribution in [1.82, 2.24) is 9.80 Å². The highest BCUT2D eigenvalue weighted by Gasteiger charge is 2.34. The summed E-state index contributed by atoms with van der Waals surface area (Å²) in [7, 11) is 1.67. The Labute approximate surface area is 142 Å². The third-order valence-electron chi connectivity index (χ3n) is 4.04. The Morgan fingerprint density at radius 1 is 1.48 bits per heavy atom. The Balaban J connectivity index is 2.36. The van der Waals surface area contributed by atoms with Crippen LogP contribution in [0.25, 0.3) is 0 Å². The van der Waals surface area contributed by atoms with Gasteiger partial charge in [-0.1, -0.05) is 6.92 Å². The number of carboxylic acids is 1. The van der Waals surface area contributed by atoms with Crippen molar-refractivity contribution in [2.45, 2.75) is 20.0 Å². The SMILES string of the molecule is CCSC1=C(C(=O)O)C(C)=CC(N2CCOCC2)N1CCOC. The van der Waals surface area contributed by atoms with Crippen LogP contribution in [0.15, 0.2) is 22.3 Å². The van der Waals surface area contributed by atoms with Gasteiger partial charge >= 0.3 is 5.97 Å². The molecule has 0 saturated carbocycles. The van der Waals surface area contributed by atoms with Crippen LogP contribution in [-0.4, -0.2) is 79.4 Å². The maximum absolute atomic E-state index is 11.7. The van der Waals surface area contributed by atoms with Crippen molar-refractivity contribution in [3.05, 3.63) is 22.3 Å². The molecule has 2 rings (SSSR count). The van der Waals surface area contributed by atoms with Crippen LogP contribution in [0.4, 0.5) is 0 Å². The molecular weight excluding hydrogens is 316 g/mol. The quantitative estimate of drug-likeness (QED) is 0.754. The van der Waals surface area contributed by atoms with Crippen LogP contribution >= 0.6 is 11.8 Å². The number of methoxy groups -OCH3 is 1. The minimum Gasteiger partial charge on any atom is -0.478 e. The van der Waals surface area contributed by atoms with Gasteiger partial charge in [0.2, 0.25) is 0 Å². The standard InChI is InChI=1S/C16H26N2O4S/c1-4-23-15-14(16(19)20)12(2)11-13(18(15)7-8-21-3)17-5-9-22-10-6-17/h11,13H,4-10H2,1-3H3,(H,19,20). The van der Waals surface area contributed by atoms with Crippen LogP contribution < -0.4 is 0 Å². The molecule has 23 heavy (non-hydrogen) atoms. The van der Waals surface area contributed by atoms with Crippen LogP contribution in [0, 0.1) is 0 Å². The molecule has 0 aliphatic carbocycles. The van der Waals surface area contributed by atoms with Gasteiger partial charge in [0.1, 0.15) is 6.17 Å². The summed E-state index contributed by atoms with van der Waals surface area (Å²) in [5, 5.41) is 10.5. The largest absolute Gasteiger partial charge is 0.478 e. The van der Waals surface area contributed by atoms with Gasteiger partial charge in [0.15, 0.2) is 0 Å². The molecule has 1 saturated heterocycles. The molecule has 0 aromatic rings. The van der Waals surface area contributed by atoms with Gasteiger partial charge in [0.25, 0.3) is 0 Å². The Kier molecular flexibility index (Phi) is 6.95. The van der Waals surface area contributed by atoms with Gasteiger partial charge < -0.3 is 19.5 Å². The highest BCUT2D eigenvalue weighted by Crippen LogP contribution is 2.35. The molecule has 130 valence electrons. The molecule has 1 atom stereocenters. The molecule has 6 nitrogen and oxygen atoms in total. The molecule has 0 aromatic heterocycles. The topological polar surface area (TPSA) is 62.2 Å². The number of rotatable bonds is 7. The number of thioether (sulfide) groups is 1. The van der Waals surface area contributed by atoms with Crippen LogP contribution in [0.1, 0.15) is 13.8 Å². The maximum Gasteiger partial charge on any atom is 0.338 e. The van der Waals surface area contributed by atoms with E-state index in [2.05, 4.69) is 15.9 Å². The Bertz CT molecular complexity index is 486. The predicted octanol–water partition coefficient (Wildman–Crippen LogP) is 1.60. The lowest BCUT2D eigenvalue weighted by Gasteiger charge is -2.44. The molecular formula is C16H26N2O4S. The predicted molar refractivity (Wildman–Crippen MR) is 91.3 cm³/mol. The van der Waals surface area contributed by atoms with Crippen LogP contribution in [-0.2, 0) is 14.3 Å². The fourth-order valence-corrected chi connectivity index (χ4v) is 3.98. The number of hydrogen-bond acceptors (Lipinski definition) is 6. The van der Waals surface area contributed by atoms with Gasteiger partial charge in [-0.3, -0.25) is 4.90 Å². The molecule has 7 heteroatoms.